The first-order valence-corrected chi connectivity index (χ1v) is 6.20. The van der Waals surface area contributed by atoms with Gasteiger partial charge in [0.05, 0.1) is 24.7 Å². The summed E-state index contributed by atoms with van der Waals surface area (Å²) in [5.41, 5.74) is 2.86. The molecule has 0 fully saturated rings. The molecule has 0 saturated heterocycles. The van der Waals surface area contributed by atoms with Crippen LogP contribution in [0.4, 0.5) is 0 Å². The summed E-state index contributed by atoms with van der Waals surface area (Å²) >= 11 is 0. The molecule has 2 aromatic rings. The minimum Gasteiger partial charge on any atom is -0.496 e. The Kier molecular flexibility index (Phi) is 4.61. The molecule has 0 aliphatic heterocycles. The van der Waals surface area contributed by atoms with Crippen LogP contribution in [0.5, 0.6) is 5.75 Å². The van der Waals surface area contributed by atoms with Gasteiger partial charge in [-0.3, -0.25) is 15.0 Å². The molecule has 0 aliphatic rings. The molecule has 1 aromatic carbocycles. The Bertz CT molecular complexity index is 550. The molecule has 2 rings (SSSR count). The van der Waals surface area contributed by atoms with E-state index >= 15 is 0 Å². The van der Waals surface area contributed by atoms with Crippen LogP contribution in [-0.4, -0.2) is 29.8 Å². The van der Waals surface area contributed by atoms with Crippen molar-refractivity contribution in [3.8, 4) is 5.75 Å². The van der Waals surface area contributed by atoms with E-state index in [-0.39, 0.29) is 0 Å². The largest absolute Gasteiger partial charge is 0.496 e. The number of nitrogens with zero attached hydrogens (tertiary/aromatic N) is 3. The second-order valence-corrected chi connectivity index (χ2v) is 4.18. The van der Waals surface area contributed by atoms with Gasteiger partial charge in [-0.25, -0.2) is 0 Å². The van der Waals surface area contributed by atoms with Crippen molar-refractivity contribution in [3.63, 3.8) is 0 Å². The van der Waals surface area contributed by atoms with E-state index in [1.165, 1.54) is 0 Å². The summed E-state index contributed by atoms with van der Waals surface area (Å²) < 4.78 is 5.30. The molecule has 0 atom stereocenters. The molecule has 0 spiro atoms. The van der Waals surface area contributed by atoms with Gasteiger partial charge in [0.15, 0.2) is 0 Å². The zero-order chi connectivity index (χ0) is 13.5. The third-order valence-electron chi connectivity index (χ3n) is 2.73. The Hall–Kier alpha value is -2.23. The van der Waals surface area contributed by atoms with Crippen molar-refractivity contribution in [2.45, 2.75) is 13.3 Å². The fraction of sp³-hybridized carbons (Fsp3) is 0.267. The molecule has 4 nitrogen and oxygen atoms in total. The van der Waals surface area contributed by atoms with Crippen molar-refractivity contribution in [2.75, 3.05) is 13.7 Å². The summed E-state index contributed by atoms with van der Waals surface area (Å²) in [6.07, 6.45) is 6.06. The molecule has 0 aliphatic carbocycles. The van der Waals surface area contributed by atoms with E-state index in [1.807, 2.05) is 25.1 Å². The maximum Gasteiger partial charge on any atom is 0.122 e. The van der Waals surface area contributed by atoms with E-state index in [0.717, 1.165) is 29.1 Å². The maximum atomic E-state index is 5.30. The Balaban J connectivity index is 1.91. The summed E-state index contributed by atoms with van der Waals surface area (Å²) in [6.45, 7) is 2.62. The Morgan fingerprint density at radius 3 is 2.79 bits per heavy atom. The van der Waals surface area contributed by atoms with Crippen LogP contribution in [0.15, 0.2) is 41.7 Å². The van der Waals surface area contributed by atoms with Crippen molar-refractivity contribution >= 4 is 6.21 Å². The van der Waals surface area contributed by atoms with Crippen molar-refractivity contribution in [3.05, 3.63) is 53.6 Å². The third kappa shape index (κ3) is 3.88. The van der Waals surface area contributed by atoms with E-state index in [9.17, 15) is 0 Å². The highest BCUT2D eigenvalue weighted by molar-refractivity contribution is 5.76. The smallest absolute Gasteiger partial charge is 0.122 e. The molecule has 0 bridgehead atoms. The summed E-state index contributed by atoms with van der Waals surface area (Å²) in [5.74, 6) is 0.910. The summed E-state index contributed by atoms with van der Waals surface area (Å²) in [5, 5.41) is 0. The number of aromatic nitrogens is 2. The highest BCUT2D eigenvalue weighted by Gasteiger charge is 1.99. The number of methoxy groups -OCH3 is 1. The number of hydrogen-bond acceptors (Lipinski definition) is 4. The van der Waals surface area contributed by atoms with Gasteiger partial charge in [-0.1, -0.05) is 18.2 Å². The van der Waals surface area contributed by atoms with E-state index in [0.29, 0.717) is 6.54 Å². The molecule has 0 N–H and O–H groups in total. The van der Waals surface area contributed by atoms with Gasteiger partial charge in [-0.15, -0.1) is 0 Å². The molecular formula is C15H17N3O. The van der Waals surface area contributed by atoms with Crippen LogP contribution in [0, 0.1) is 6.92 Å². The second-order valence-electron chi connectivity index (χ2n) is 4.18. The molecular weight excluding hydrogens is 238 g/mol. The van der Waals surface area contributed by atoms with Crippen molar-refractivity contribution in [1.29, 1.82) is 0 Å². The van der Waals surface area contributed by atoms with Crippen LogP contribution in [0.25, 0.3) is 0 Å². The molecule has 1 heterocycles. The maximum absolute atomic E-state index is 5.30. The average molecular weight is 255 g/mol. The number of para-hydroxylation sites is 1. The van der Waals surface area contributed by atoms with Gasteiger partial charge in [0.1, 0.15) is 5.75 Å². The lowest BCUT2D eigenvalue weighted by Crippen LogP contribution is -1.96. The van der Waals surface area contributed by atoms with Crippen LogP contribution >= 0.6 is 0 Å². The molecule has 98 valence electrons. The number of benzene rings is 1. The minimum absolute atomic E-state index is 0.704. The van der Waals surface area contributed by atoms with Gasteiger partial charge in [0.2, 0.25) is 0 Å². The Morgan fingerprint density at radius 2 is 2.05 bits per heavy atom. The Morgan fingerprint density at radius 1 is 1.21 bits per heavy atom. The number of ether oxygens (including phenoxy) is 1. The van der Waals surface area contributed by atoms with Crippen molar-refractivity contribution in [2.24, 2.45) is 4.99 Å². The molecule has 0 radical (unpaired) electrons. The summed E-state index contributed by atoms with van der Waals surface area (Å²) in [4.78, 5) is 12.7. The molecule has 0 amide bonds. The Labute approximate surface area is 113 Å². The third-order valence-corrected chi connectivity index (χ3v) is 2.73. The SMILES string of the molecule is COc1ccccc1CCN=Cc1cnc(C)cn1. The lowest BCUT2D eigenvalue weighted by Gasteiger charge is -2.05. The van der Waals surface area contributed by atoms with E-state index in [4.69, 9.17) is 4.74 Å². The summed E-state index contributed by atoms with van der Waals surface area (Å²) in [7, 11) is 1.68. The van der Waals surface area contributed by atoms with E-state index in [1.54, 1.807) is 25.7 Å². The van der Waals surface area contributed by atoms with Gasteiger partial charge >= 0.3 is 0 Å². The van der Waals surface area contributed by atoms with Gasteiger partial charge in [-0.2, -0.15) is 0 Å². The van der Waals surface area contributed by atoms with Crippen LogP contribution in [0.3, 0.4) is 0 Å². The topological polar surface area (TPSA) is 47.4 Å². The van der Waals surface area contributed by atoms with Gasteiger partial charge in [0, 0.05) is 19.0 Å². The lowest BCUT2D eigenvalue weighted by molar-refractivity contribution is 0.410. The number of aliphatic imine (C=N–C) groups is 1. The lowest BCUT2D eigenvalue weighted by atomic mass is 10.1. The normalized spacial score (nSPS) is 10.8. The highest BCUT2D eigenvalue weighted by Crippen LogP contribution is 2.17. The highest BCUT2D eigenvalue weighted by atomic mass is 16.5. The van der Waals surface area contributed by atoms with Crippen molar-refractivity contribution < 1.29 is 4.74 Å². The number of aryl methyl sites for hydroxylation is 1. The molecule has 19 heavy (non-hydrogen) atoms. The van der Waals surface area contributed by atoms with Crippen LogP contribution < -0.4 is 4.74 Å². The first-order chi connectivity index (χ1) is 9.29. The predicted molar refractivity (Wildman–Crippen MR) is 75.9 cm³/mol. The van der Waals surface area contributed by atoms with E-state index in [2.05, 4.69) is 21.0 Å². The zero-order valence-corrected chi connectivity index (χ0v) is 11.2. The van der Waals surface area contributed by atoms with Gasteiger partial charge in [-0.05, 0) is 25.0 Å². The summed E-state index contributed by atoms with van der Waals surface area (Å²) in [6, 6.07) is 7.99. The fourth-order valence-electron chi connectivity index (χ4n) is 1.72. The van der Waals surface area contributed by atoms with Crippen LogP contribution in [-0.2, 0) is 6.42 Å². The monoisotopic (exact) mass is 255 g/mol. The first kappa shape index (κ1) is 13.2. The van der Waals surface area contributed by atoms with Crippen molar-refractivity contribution in [1.82, 2.24) is 9.97 Å². The molecule has 4 heteroatoms. The standard InChI is InChI=1S/C15H17N3O/c1-12-9-18-14(11-17-12)10-16-8-7-13-5-3-4-6-15(13)19-2/h3-6,9-11H,7-8H2,1-2H3. The zero-order valence-electron chi connectivity index (χ0n) is 11.2. The number of rotatable bonds is 5. The van der Waals surface area contributed by atoms with Gasteiger partial charge in [0.25, 0.3) is 0 Å². The number of hydrogen-bond donors (Lipinski definition) is 0. The second kappa shape index (κ2) is 6.64. The quantitative estimate of drug-likeness (QED) is 0.771. The van der Waals surface area contributed by atoms with Gasteiger partial charge < -0.3 is 4.74 Å². The average Bonchev–Trinajstić information content (AvgIpc) is 2.46. The first-order valence-electron chi connectivity index (χ1n) is 6.20. The van der Waals surface area contributed by atoms with Crippen LogP contribution in [0.1, 0.15) is 17.0 Å². The molecule has 1 aromatic heterocycles. The van der Waals surface area contributed by atoms with E-state index < -0.39 is 0 Å². The predicted octanol–water partition coefficient (Wildman–Crippen LogP) is 2.46. The minimum atomic E-state index is 0.704. The molecule has 0 saturated carbocycles. The fourth-order valence-corrected chi connectivity index (χ4v) is 1.72. The molecule has 0 unspecified atom stereocenters. The van der Waals surface area contributed by atoms with Crippen LogP contribution in [0.2, 0.25) is 0 Å².